The Morgan fingerprint density at radius 2 is 1.97 bits per heavy atom. The summed E-state index contributed by atoms with van der Waals surface area (Å²) in [5.41, 5.74) is 2.05. The van der Waals surface area contributed by atoms with Gasteiger partial charge in [-0.2, -0.15) is 0 Å². The van der Waals surface area contributed by atoms with E-state index >= 15 is 0 Å². The molecule has 0 unspecified atom stereocenters. The summed E-state index contributed by atoms with van der Waals surface area (Å²) in [7, 11) is 1.62. The Morgan fingerprint density at radius 1 is 1.23 bits per heavy atom. The molecule has 0 N–H and O–H groups in total. The number of nitrogens with zero attached hydrogens (tertiary/aromatic N) is 4. The molecule has 1 atom stereocenters. The fraction of sp³-hybridized carbons (Fsp3) is 0.500. The zero-order valence-corrected chi connectivity index (χ0v) is 19.6. The molecule has 1 aromatic heterocycles. The lowest BCUT2D eigenvalue weighted by Crippen LogP contribution is -2.49. The van der Waals surface area contributed by atoms with Crippen molar-refractivity contribution in [2.45, 2.75) is 35.2 Å². The maximum absolute atomic E-state index is 13.0. The molecule has 2 aliphatic heterocycles. The molecule has 0 aliphatic carbocycles. The highest BCUT2D eigenvalue weighted by Gasteiger charge is 2.27. The second-order valence-electron chi connectivity index (χ2n) is 7.74. The Labute approximate surface area is 191 Å². The SMILES string of the molecule is COCCn1c(SCC(=O)N2CCN(c3ccccc3)CC2)nc2c(c1=O)S[C@H](C)C2. The molecule has 0 spiro atoms. The first kappa shape index (κ1) is 22.2. The smallest absolute Gasteiger partial charge is 0.268 e. The van der Waals surface area contributed by atoms with Crippen molar-refractivity contribution < 1.29 is 9.53 Å². The van der Waals surface area contributed by atoms with E-state index < -0.39 is 0 Å². The molecule has 1 saturated heterocycles. The predicted octanol–water partition coefficient (Wildman–Crippen LogP) is 2.37. The Kier molecular flexibility index (Phi) is 7.24. The summed E-state index contributed by atoms with van der Waals surface area (Å²) >= 11 is 2.95. The number of fused-ring (bicyclic) bond motifs is 1. The number of para-hydroxylation sites is 1. The topological polar surface area (TPSA) is 67.7 Å². The molecule has 9 heteroatoms. The van der Waals surface area contributed by atoms with Gasteiger partial charge in [0.25, 0.3) is 5.56 Å². The number of amides is 1. The van der Waals surface area contributed by atoms with Gasteiger partial charge in [-0.25, -0.2) is 4.98 Å². The lowest BCUT2D eigenvalue weighted by molar-refractivity contribution is -0.128. The van der Waals surface area contributed by atoms with Crippen molar-refractivity contribution >= 4 is 35.1 Å². The van der Waals surface area contributed by atoms with Crippen molar-refractivity contribution in [1.29, 1.82) is 0 Å². The Balaban J connectivity index is 1.40. The first-order chi connectivity index (χ1) is 15.1. The second kappa shape index (κ2) is 10.1. The van der Waals surface area contributed by atoms with Crippen LogP contribution in [0.5, 0.6) is 0 Å². The standard InChI is InChI=1S/C22H28N4O3S2/c1-16-14-18-20(31-16)21(28)26(12-13-29-2)22(23-18)30-15-19(27)25-10-8-24(9-11-25)17-6-4-3-5-7-17/h3-7,16H,8-15H2,1-2H3/t16-/m1/s1. The highest BCUT2D eigenvalue weighted by atomic mass is 32.2. The molecule has 7 nitrogen and oxygen atoms in total. The van der Waals surface area contributed by atoms with Crippen LogP contribution in [0.4, 0.5) is 5.69 Å². The summed E-state index contributed by atoms with van der Waals surface area (Å²) in [4.78, 5) is 35.6. The van der Waals surface area contributed by atoms with Crippen LogP contribution in [0.3, 0.4) is 0 Å². The van der Waals surface area contributed by atoms with Gasteiger partial charge in [0.15, 0.2) is 5.16 Å². The zero-order chi connectivity index (χ0) is 21.8. The van der Waals surface area contributed by atoms with Gasteiger partial charge in [0.2, 0.25) is 5.91 Å². The summed E-state index contributed by atoms with van der Waals surface area (Å²) in [5.74, 6) is 0.375. The van der Waals surface area contributed by atoms with Gasteiger partial charge in [0.1, 0.15) is 0 Å². The van der Waals surface area contributed by atoms with E-state index in [0.29, 0.717) is 36.6 Å². The number of aromatic nitrogens is 2. The van der Waals surface area contributed by atoms with Crippen molar-refractivity contribution in [2.24, 2.45) is 0 Å². The Bertz CT molecular complexity index is 975. The summed E-state index contributed by atoms with van der Waals surface area (Å²) in [6.07, 6.45) is 0.795. The number of piperazine rings is 1. The molecule has 2 aliphatic rings. The van der Waals surface area contributed by atoms with Crippen molar-refractivity contribution in [3.05, 3.63) is 46.4 Å². The molecule has 31 heavy (non-hydrogen) atoms. The minimum atomic E-state index is -0.0113. The molecular formula is C22H28N4O3S2. The number of carbonyl (C=O) groups excluding carboxylic acids is 1. The van der Waals surface area contributed by atoms with Crippen LogP contribution in [0.15, 0.2) is 45.2 Å². The van der Waals surface area contributed by atoms with Crippen LogP contribution in [0, 0.1) is 0 Å². The van der Waals surface area contributed by atoms with E-state index in [1.807, 2.05) is 23.1 Å². The van der Waals surface area contributed by atoms with Gasteiger partial charge in [0.05, 0.1) is 29.5 Å². The summed E-state index contributed by atoms with van der Waals surface area (Å²) in [6.45, 7) is 6.04. The van der Waals surface area contributed by atoms with Gasteiger partial charge in [0, 0.05) is 50.6 Å². The first-order valence-corrected chi connectivity index (χ1v) is 12.4. The summed E-state index contributed by atoms with van der Waals surface area (Å²) < 4.78 is 6.85. The number of hydrogen-bond acceptors (Lipinski definition) is 7. The number of hydrogen-bond donors (Lipinski definition) is 0. The van der Waals surface area contributed by atoms with E-state index in [-0.39, 0.29) is 17.2 Å². The van der Waals surface area contributed by atoms with Crippen molar-refractivity contribution in [3.63, 3.8) is 0 Å². The molecule has 0 radical (unpaired) electrons. The van der Waals surface area contributed by atoms with E-state index in [4.69, 9.17) is 9.72 Å². The van der Waals surface area contributed by atoms with Crippen LogP contribution < -0.4 is 10.5 Å². The quantitative estimate of drug-likeness (QED) is 0.464. The lowest BCUT2D eigenvalue weighted by Gasteiger charge is -2.36. The molecule has 0 saturated carbocycles. The van der Waals surface area contributed by atoms with Crippen LogP contribution >= 0.6 is 23.5 Å². The second-order valence-corrected chi connectivity index (χ2v) is 10.1. The number of methoxy groups -OCH3 is 1. The van der Waals surface area contributed by atoms with Crippen LogP contribution in [0.25, 0.3) is 0 Å². The summed E-state index contributed by atoms with van der Waals surface area (Å²) in [5, 5.41) is 0.973. The molecular weight excluding hydrogens is 432 g/mol. The van der Waals surface area contributed by atoms with Gasteiger partial charge in [-0.1, -0.05) is 36.9 Å². The van der Waals surface area contributed by atoms with E-state index in [0.717, 1.165) is 30.1 Å². The average molecular weight is 461 g/mol. The van der Waals surface area contributed by atoms with Gasteiger partial charge < -0.3 is 14.5 Å². The molecule has 0 bridgehead atoms. The van der Waals surface area contributed by atoms with Crippen molar-refractivity contribution in [2.75, 3.05) is 50.5 Å². The monoisotopic (exact) mass is 460 g/mol. The third-order valence-electron chi connectivity index (χ3n) is 5.56. The van der Waals surface area contributed by atoms with Crippen molar-refractivity contribution in [3.8, 4) is 0 Å². The molecule has 4 rings (SSSR count). The molecule has 1 amide bonds. The van der Waals surface area contributed by atoms with Gasteiger partial charge >= 0.3 is 0 Å². The molecule has 166 valence electrons. The van der Waals surface area contributed by atoms with E-state index in [2.05, 4.69) is 24.0 Å². The fourth-order valence-corrected chi connectivity index (χ4v) is 5.95. The molecule has 1 aromatic carbocycles. The van der Waals surface area contributed by atoms with Crippen molar-refractivity contribution in [1.82, 2.24) is 14.5 Å². The third-order valence-corrected chi connectivity index (χ3v) is 7.74. The normalized spacial score (nSPS) is 18.3. The van der Waals surface area contributed by atoms with Crippen LogP contribution in [0.2, 0.25) is 0 Å². The van der Waals surface area contributed by atoms with E-state index in [9.17, 15) is 9.59 Å². The number of carbonyl (C=O) groups is 1. The Hall–Kier alpha value is -1.97. The van der Waals surface area contributed by atoms with Gasteiger partial charge in [-0.15, -0.1) is 11.8 Å². The number of benzene rings is 1. The largest absolute Gasteiger partial charge is 0.383 e. The predicted molar refractivity (Wildman–Crippen MR) is 125 cm³/mol. The average Bonchev–Trinajstić information content (AvgIpc) is 3.18. The third kappa shape index (κ3) is 5.10. The molecule has 3 heterocycles. The van der Waals surface area contributed by atoms with E-state index in [1.165, 1.54) is 17.4 Å². The fourth-order valence-electron chi connectivity index (χ4n) is 3.89. The maximum atomic E-state index is 13.0. The van der Waals surface area contributed by atoms with Crippen LogP contribution in [0.1, 0.15) is 12.6 Å². The van der Waals surface area contributed by atoms with Crippen LogP contribution in [-0.4, -0.2) is 71.3 Å². The zero-order valence-electron chi connectivity index (χ0n) is 18.0. The first-order valence-electron chi connectivity index (χ1n) is 10.6. The number of thioether (sulfide) groups is 2. The number of anilines is 1. The highest BCUT2D eigenvalue weighted by molar-refractivity contribution is 8.00. The number of ether oxygens (including phenoxy) is 1. The minimum Gasteiger partial charge on any atom is -0.383 e. The highest BCUT2D eigenvalue weighted by Crippen LogP contribution is 2.34. The lowest BCUT2D eigenvalue weighted by atomic mass is 10.2. The molecule has 2 aromatic rings. The van der Waals surface area contributed by atoms with Crippen LogP contribution in [-0.2, 0) is 22.5 Å². The molecule has 1 fully saturated rings. The summed E-state index contributed by atoms with van der Waals surface area (Å²) in [6, 6.07) is 10.3. The van der Waals surface area contributed by atoms with E-state index in [1.54, 1.807) is 23.4 Å². The number of rotatable bonds is 7. The maximum Gasteiger partial charge on any atom is 0.268 e. The van der Waals surface area contributed by atoms with Gasteiger partial charge in [-0.3, -0.25) is 14.2 Å². The van der Waals surface area contributed by atoms with Gasteiger partial charge in [-0.05, 0) is 12.1 Å². The minimum absolute atomic E-state index is 0.0113. The Morgan fingerprint density at radius 3 is 2.68 bits per heavy atom.